The smallest absolute Gasteiger partial charge is 0.146 e. The Kier molecular flexibility index (Phi) is 7.60. The van der Waals surface area contributed by atoms with Gasteiger partial charge in [-0.25, -0.2) is 4.39 Å². The fourth-order valence-corrected chi connectivity index (χ4v) is 3.75. The van der Waals surface area contributed by atoms with E-state index in [0.29, 0.717) is 10.9 Å². The summed E-state index contributed by atoms with van der Waals surface area (Å²) in [5.74, 6) is 12.2. The molecule has 34 heavy (non-hydrogen) atoms. The van der Waals surface area contributed by atoms with Gasteiger partial charge in [-0.05, 0) is 85.2 Å². The minimum Gasteiger partial charge on any atom is -0.205 e. The van der Waals surface area contributed by atoms with Gasteiger partial charge in [0.05, 0.1) is 5.56 Å². The average molecular weight is 443 g/mol. The quantitative estimate of drug-likeness (QED) is 0.223. The summed E-state index contributed by atoms with van der Waals surface area (Å²) in [6.07, 6.45) is 7.17. The van der Waals surface area contributed by atoms with Gasteiger partial charge >= 0.3 is 0 Å². The third kappa shape index (κ3) is 5.83. The predicted molar refractivity (Wildman–Crippen MR) is 141 cm³/mol. The zero-order chi connectivity index (χ0) is 23.8. The Morgan fingerprint density at radius 1 is 0.706 bits per heavy atom. The monoisotopic (exact) mass is 442 g/mol. The number of allylic oxidation sites excluding steroid dienone is 2. The normalized spacial score (nSPS) is 10.6. The number of benzene rings is 4. The Hall–Kier alpha value is -4.07. The first kappa shape index (κ1) is 23.1. The molecule has 4 rings (SSSR count). The van der Waals surface area contributed by atoms with Crippen LogP contribution in [0.25, 0.3) is 10.8 Å². The Morgan fingerprint density at radius 2 is 1.29 bits per heavy atom. The number of rotatable bonds is 4. The molecule has 4 aromatic rings. The summed E-state index contributed by atoms with van der Waals surface area (Å²) in [7, 11) is 0. The van der Waals surface area contributed by atoms with Crippen LogP contribution in [-0.4, -0.2) is 0 Å². The summed E-state index contributed by atoms with van der Waals surface area (Å²) in [6.45, 7) is 4.16. The molecule has 0 heterocycles. The lowest BCUT2D eigenvalue weighted by atomic mass is 10.0. The Morgan fingerprint density at radius 3 is 1.91 bits per heavy atom. The van der Waals surface area contributed by atoms with Gasteiger partial charge in [0.2, 0.25) is 0 Å². The molecular formula is C33H27F. The maximum atomic E-state index is 15.1. The van der Waals surface area contributed by atoms with E-state index in [1.807, 2.05) is 61.5 Å². The fourth-order valence-electron chi connectivity index (χ4n) is 3.75. The highest BCUT2D eigenvalue weighted by molar-refractivity contribution is 5.85. The largest absolute Gasteiger partial charge is 0.205 e. The molecule has 0 amide bonds. The number of aryl methyl sites for hydroxylation is 2. The average Bonchev–Trinajstić information content (AvgIpc) is 2.88. The summed E-state index contributed by atoms with van der Waals surface area (Å²) >= 11 is 0. The summed E-state index contributed by atoms with van der Waals surface area (Å²) in [4.78, 5) is 0. The van der Waals surface area contributed by atoms with E-state index in [9.17, 15) is 0 Å². The first-order valence-corrected chi connectivity index (χ1v) is 11.7. The van der Waals surface area contributed by atoms with Crippen LogP contribution in [0.1, 0.15) is 53.6 Å². The predicted octanol–water partition coefficient (Wildman–Crippen LogP) is 7.85. The molecule has 0 atom stereocenters. The molecule has 0 fully saturated rings. The van der Waals surface area contributed by atoms with Crippen LogP contribution in [0.3, 0.4) is 0 Å². The van der Waals surface area contributed by atoms with E-state index < -0.39 is 0 Å². The van der Waals surface area contributed by atoms with Gasteiger partial charge in [0, 0.05) is 22.1 Å². The molecule has 0 aromatic heterocycles. The molecule has 0 bridgehead atoms. The van der Waals surface area contributed by atoms with E-state index in [2.05, 4.69) is 61.0 Å². The van der Waals surface area contributed by atoms with Crippen LogP contribution in [0.15, 0.2) is 91.0 Å². The van der Waals surface area contributed by atoms with Gasteiger partial charge in [-0.3, -0.25) is 0 Å². The zero-order valence-corrected chi connectivity index (χ0v) is 19.7. The maximum Gasteiger partial charge on any atom is 0.146 e. The maximum absolute atomic E-state index is 15.1. The van der Waals surface area contributed by atoms with Crippen molar-refractivity contribution in [1.82, 2.24) is 0 Å². The van der Waals surface area contributed by atoms with Crippen LogP contribution in [-0.2, 0) is 12.8 Å². The third-order valence-corrected chi connectivity index (χ3v) is 5.79. The molecule has 0 aliphatic heterocycles. The van der Waals surface area contributed by atoms with E-state index in [0.717, 1.165) is 41.3 Å². The van der Waals surface area contributed by atoms with Crippen LogP contribution in [0.2, 0.25) is 0 Å². The third-order valence-electron chi connectivity index (χ3n) is 5.79. The summed E-state index contributed by atoms with van der Waals surface area (Å²) in [6, 6.07) is 25.7. The van der Waals surface area contributed by atoms with Crippen molar-refractivity contribution in [1.29, 1.82) is 0 Å². The van der Waals surface area contributed by atoms with Gasteiger partial charge in [0.15, 0.2) is 0 Å². The van der Waals surface area contributed by atoms with Gasteiger partial charge in [0.25, 0.3) is 0 Å². The van der Waals surface area contributed by atoms with Gasteiger partial charge in [-0.15, -0.1) is 0 Å². The van der Waals surface area contributed by atoms with Gasteiger partial charge in [-0.2, -0.15) is 0 Å². The van der Waals surface area contributed by atoms with Crippen molar-refractivity contribution in [2.45, 2.75) is 33.1 Å². The lowest BCUT2D eigenvalue weighted by molar-refractivity contribution is 0.636. The van der Waals surface area contributed by atoms with Crippen LogP contribution >= 0.6 is 0 Å². The van der Waals surface area contributed by atoms with Crippen LogP contribution in [0, 0.1) is 29.5 Å². The van der Waals surface area contributed by atoms with Crippen molar-refractivity contribution in [3.63, 3.8) is 0 Å². The van der Waals surface area contributed by atoms with E-state index in [1.165, 1.54) is 11.1 Å². The van der Waals surface area contributed by atoms with E-state index >= 15 is 4.39 Å². The molecule has 0 aliphatic carbocycles. The van der Waals surface area contributed by atoms with Crippen molar-refractivity contribution in [3.8, 4) is 23.7 Å². The Balaban J connectivity index is 1.48. The molecule has 0 saturated carbocycles. The van der Waals surface area contributed by atoms with Crippen LogP contribution in [0.5, 0.6) is 0 Å². The highest BCUT2D eigenvalue weighted by Gasteiger charge is 2.06. The number of halogens is 1. The fraction of sp³-hybridized carbons (Fsp3) is 0.152. The lowest BCUT2D eigenvalue weighted by Crippen LogP contribution is -1.89. The Labute approximate surface area is 202 Å². The molecule has 0 nitrogen and oxygen atoms in total. The second-order valence-corrected chi connectivity index (χ2v) is 8.22. The second-order valence-electron chi connectivity index (χ2n) is 8.22. The van der Waals surface area contributed by atoms with Crippen LogP contribution < -0.4 is 0 Å². The van der Waals surface area contributed by atoms with E-state index in [1.54, 1.807) is 6.07 Å². The molecule has 1 heteroatoms. The molecule has 0 radical (unpaired) electrons. The van der Waals surface area contributed by atoms with Crippen molar-refractivity contribution in [2.24, 2.45) is 0 Å². The van der Waals surface area contributed by atoms with Gasteiger partial charge < -0.3 is 0 Å². The molecule has 0 saturated heterocycles. The van der Waals surface area contributed by atoms with Crippen molar-refractivity contribution in [2.75, 3.05) is 0 Å². The Bertz CT molecular complexity index is 1430. The highest BCUT2D eigenvalue weighted by atomic mass is 19.1. The highest BCUT2D eigenvalue weighted by Crippen LogP contribution is 2.23. The van der Waals surface area contributed by atoms with E-state index in [-0.39, 0.29) is 5.82 Å². The molecule has 0 aliphatic rings. The van der Waals surface area contributed by atoms with Crippen LogP contribution in [0.4, 0.5) is 4.39 Å². The molecule has 166 valence electrons. The SMILES string of the molecule is C/C=C/CCc1ccc2c(F)c(C#Cc3ccc(C#Cc4ccc(CC)cc4)cc3)ccc2c1. The number of fused-ring (bicyclic) bond motifs is 1. The second kappa shape index (κ2) is 11.2. The van der Waals surface area contributed by atoms with Crippen molar-refractivity contribution in [3.05, 3.63) is 130 Å². The van der Waals surface area contributed by atoms with E-state index in [4.69, 9.17) is 0 Å². The first-order valence-electron chi connectivity index (χ1n) is 11.7. The summed E-state index contributed by atoms with van der Waals surface area (Å²) in [5.41, 5.74) is 5.68. The minimum absolute atomic E-state index is 0.262. The lowest BCUT2D eigenvalue weighted by Gasteiger charge is -2.05. The molecule has 0 N–H and O–H groups in total. The van der Waals surface area contributed by atoms with Crippen molar-refractivity contribution < 1.29 is 4.39 Å². The molecule has 0 spiro atoms. The molecule has 0 unspecified atom stereocenters. The van der Waals surface area contributed by atoms with Gasteiger partial charge in [-0.1, -0.05) is 79.2 Å². The molecule has 4 aromatic carbocycles. The van der Waals surface area contributed by atoms with Crippen molar-refractivity contribution >= 4 is 10.8 Å². The number of hydrogen-bond acceptors (Lipinski definition) is 0. The topological polar surface area (TPSA) is 0 Å². The minimum atomic E-state index is -0.262. The summed E-state index contributed by atoms with van der Waals surface area (Å²) < 4.78 is 15.1. The first-order chi connectivity index (χ1) is 16.7. The van der Waals surface area contributed by atoms with Gasteiger partial charge in [0.1, 0.15) is 5.82 Å². The summed E-state index contributed by atoms with van der Waals surface area (Å²) in [5, 5.41) is 1.52. The standard InChI is InChI=1S/C33H27F/c1-3-5-6-7-29-19-23-32-31(24-29)22-21-30(33(32)34)20-18-28-16-14-27(15-17-28)13-12-26-10-8-25(4-2)9-11-26/h3,5,8-11,14-17,19,21-24H,4,6-7H2,1-2H3/b5-3+. The zero-order valence-electron chi connectivity index (χ0n) is 19.7. The molecular weight excluding hydrogens is 415 g/mol. The number of hydrogen-bond donors (Lipinski definition) is 0.